The number of H-pyrrole nitrogens is 1. The molecule has 7 nitrogen and oxygen atoms in total. The number of phenols is 1. The van der Waals surface area contributed by atoms with Gasteiger partial charge in [0.1, 0.15) is 12.1 Å². The van der Waals surface area contributed by atoms with Crippen molar-refractivity contribution in [3.63, 3.8) is 0 Å². The van der Waals surface area contributed by atoms with E-state index in [0.717, 1.165) is 18.2 Å². The number of nitrogens with zero attached hydrogens (tertiary/aromatic N) is 2. The quantitative estimate of drug-likeness (QED) is 0.544. The van der Waals surface area contributed by atoms with Gasteiger partial charge < -0.3 is 5.11 Å². The number of benzene rings is 2. The molecule has 3 aromatic rings. The number of anilines is 1. The summed E-state index contributed by atoms with van der Waals surface area (Å²) in [5, 5.41) is 18.8. The lowest BCUT2D eigenvalue weighted by Crippen LogP contribution is -2.16. The van der Waals surface area contributed by atoms with Crippen LogP contribution in [-0.2, 0) is 10.0 Å². The Bertz CT molecular complexity index is 972. The normalized spacial score (nSPS) is 11.7. The minimum absolute atomic E-state index is 0.0576. The van der Waals surface area contributed by atoms with Gasteiger partial charge >= 0.3 is 0 Å². The largest absolute Gasteiger partial charge is 0.506 e. The maximum atomic E-state index is 12.3. The van der Waals surface area contributed by atoms with Crippen molar-refractivity contribution in [3.8, 4) is 5.75 Å². The molecule has 0 amide bonds. The number of nitrogens with one attached hydrogen (secondary N) is 2. The van der Waals surface area contributed by atoms with Crippen LogP contribution in [0.4, 0.5) is 5.69 Å². The van der Waals surface area contributed by atoms with Crippen LogP contribution in [0.1, 0.15) is 19.8 Å². The van der Waals surface area contributed by atoms with E-state index in [1.54, 1.807) is 30.3 Å². The van der Waals surface area contributed by atoms with E-state index in [-0.39, 0.29) is 11.5 Å². The molecule has 0 unspecified atom stereocenters. The average Bonchev–Trinajstić information content (AvgIpc) is 3.10. The van der Waals surface area contributed by atoms with Crippen LogP contribution in [-0.4, -0.2) is 34.5 Å². The number of aromatic amines is 1. The summed E-state index contributed by atoms with van der Waals surface area (Å²) in [6, 6.07) is 8.72. The molecule has 1 heterocycles. The van der Waals surface area contributed by atoms with Crippen LogP contribution in [0, 0.1) is 0 Å². The molecule has 0 aliphatic heterocycles. The summed E-state index contributed by atoms with van der Waals surface area (Å²) in [6.07, 6.45) is 2.82. The maximum absolute atomic E-state index is 12.3. The first-order chi connectivity index (χ1) is 12.0. The van der Waals surface area contributed by atoms with Crippen molar-refractivity contribution in [3.05, 3.63) is 36.7 Å². The fourth-order valence-corrected chi connectivity index (χ4v) is 4.45. The molecule has 1 aromatic heterocycles. The SMILES string of the molecule is CCCCS(=O)(=O)Nc1cc(Sc2nc[nH]n2)c(O)c2ccccc12. The molecule has 25 heavy (non-hydrogen) atoms. The lowest BCUT2D eigenvalue weighted by atomic mass is 10.1. The summed E-state index contributed by atoms with van der Waals surface area (Å²) in [4.78, 5) is 4.50. The van der Waals surface area contributed by atoms with E-state index in [1.165, 1.54) is 6.33 Å². The second-order valence-corrected chi connectivity index (χ2v) is 8.33. The maximum Gasteiger partial charge on any atom is 0.232 e. The third-order valence-corrected chi connectivity index (χ3v) is 5.87. The van der Waals surface area contributed by atoms with Crippen LogP contribution < -0.4 is 4.72 Å². The first kappa shape index (κ1) is 17.6. The van der Waals surface area contributed by atoms with Gasteiger partial charge in [0.25, 0.3) is 0 Å². The van der Waals surface area contributed by atoms with Crippen LogP contribution >= 0.6 is 11.8 Å². The van der Waals surface area contributed by atoms with Gasteiger partial charge in [-0.25, -0.2) is 13.4 Å². The van der Waals surface area contributed by atoms with Gasteiger partial charge in [0.2, 0.25) is 15.2 Å². The highest BCUT2D eigenvalue weighted by Gasteiger charge is 2.17. The van der Waals surface area contributed by atoms with E-state index < -0.39 is 10.0 Å². The molecule has 0 fully saturated rings. The molecule has 0 atom stereocenters. The Morgan fingerprint density at radius 1 is 1.28 bits per heavy atom. The Labute approximate surface area is 149 Å². The lowest BCUT2D eigenvalue weighted by molar-refractivity contribution is 0.469. The molecule has 2 aromatic carbocycles. The fourth-order valence-electron chi connectivity index (χ4n) is 2.39. The van der Waals surface area contributed by atoms with E-state index in [9.17, 15) is 13.5 Å². The van der Waals surface area contributed by atoms with E-state index in [0.29, 0.717) is 32.9 Å². The molecule has 0 aliphatic rings. The van der Waals surface area contributed by atoms with Crippen molar-refractivity contribution in [1.29, 1.82) is 0 Å². The highest BCUT2D eigenvalue weighted by atomic mass is 32.2. The van der Waals surface area contributed by atoms with Crippen LogP contribution in [0.25, 0.3) is 10.8 Å². The first-order valence-electron chi connectivity index (χ1n) is 7.79. The second-order valence-electron chi connectivity index (χ2n) is 5.47. The van der Waals surface area contributed by atoms with Crippen molar-refractivity contribution in [2.45, 2.75) is 29.8 Å². The van der Waals surface area contributed by atoms with E-state index in [1.807, 2.05) is 6.92 Å². The number of unbranched alkanes of at least 4 members (excludes halogenated alkanes) is 1. The fraction of sp³-hybridized carbons (Fsp3) is 0.250. The number of hydrogen-bond donors (Lipinski definition) is 3. The molecule has 9 heteroatoms. The van der Waals surface area contributed by atoms with Gasteiger partial charge in [-0.1, -0.05) is 37.6 Å². The number of fused-ring (bicyclic) bond motifs is 1. The van der Waals surface area contributed by atoms with Crippen LogP contribution in [0.5, 0.6) is 5.75 Å². The first-order valence-corrected chi connectivity index (χ1v) is 10.3. The third kappa shape index (κ3) is 4.05. The zero-order chi connectivity index (χ0) is 17.9. The molecule has 0 bridgehead atoms. The van der Waals surface area contributed by atoms with Gasteiger partial charge in [-0.05, 0) is 24.2 Å². The standard InChI is InChI=1S/C16H18N4O3S2/c1-2-3-8-25(22,23)20-13-9-14(24-16-17-10-18-19-16)15(21)12-7-5-4-6-11(12)13/h4-7,9-10,20-21H,2-3,8H2,1H3,(H,17,18,19). The van der Waals surface area contributed by atoms with Crippen molar-refractivity contribution in [2.24, 2.45) is 0 Å². The summed E-state index contributed by atoms with van der Waals surface area (Å²) < 4.78 is 27.3. The predicted molar refractivity (Wildman–Crippen MR) is 98.4 cm³/mol. The van der Waals surface area contributed by atoms with Gasteiger partial charge in [-0.15, -0.1) is 5.10 Å². The molecular weight excluding hydrogens is 360 g/mol. The van der Waals surface area contributed by atoms with Crippen molar-refractivity contribution < 1.29 is 13.5 Å². The number of aromatic nitrogens is 3. The molecule has 0 saturated carbocycles. The summed E-state index contributed by atoms with van der Waals surface area (Å²) >= 11 is 1.16. The summed E-state index contributed by atoms with van der Waals surface area (Å²) in [7, 11) is -3.46. The van der Waals surface area contributed by atoms with Crippen LogP contribution in [0.3, 0.4) is 0 Å². The van der Waals surface area contributed by atoms with Gasteiger partial charge in [0, 0.05) is 10.8 Å². The zero-order valence-electron chi connectivity index (χ0n) is 13.6. The molecule has 3 N–H and O–H groups in total. The number of sulfonamides is 1. The number of rotatable bonds is 7. The summed E-state index contributed by atoms with van der Waals surface area (Å²) in [5.41, 5.74) is 0.433. The minimum Gasteiger partial charge on any atom is -0.506 e. The average molecular weight is 378 g/mol. The summed E-state index contributed by atoms with van der Waals surface area (Å²) in [5.74, 6) is 0.129. The van der Waals surface area contributed by atoms with Gasteiger partial charge in [0.05, 0.1) is 16.3 Å². The van der Waals surface area contributed by atoms with Gasteiger partial charge in [-0.2, -0.15) is 0 Å². The van der Waals surface area contributed by atoms with Gasteiger partial charge in [0.15, 0.2) is 0 Å². The Kier molecular flexibility index (Phi) is 5.14. The predicted octanol–water partition coefficient (Wildman–Crippen LogP) is 3.36. The van der Waals surface area contributed by atoms with E-state index in [2.05, 4.69) is 19.9 Å². The highest BCUT2D eigenvalue weighted by Crippen LogP contribution is 2.41. The molecular formula is C16H18N4O3S2. The molecule has 0 saturated heterocycles. The Morgan fingerprint density at radius 2 is 2.04 bits per heavy atom. The smallest absolute Gasteiger partial charge is 0.232 e. The molecule has 132 valence electrons. The minimum atomic E-state index is -3.46. The van der Waals surface area contributed by atoms with Crippen molar-refractivity contribution in [1.82, 2.24) is 15.2 Å². The Morgan fingerprint density at radius 3 is 2.72 bits per heavy atom. The third-order valence-electron chi connectivity index (χ3n) is 3.61. The number of phenolic OH excluding ortho intramolecular Hbond substituents is 1. The Hall–Kier alpha value is -2.26. The second kappa shape index (κ2) is 7.32. The van der Waals surface area contributed by atoms with Crippen LogP contribution in [0.15, 0.2) is 46.7 Å². The lowest BCUT2D eigenvalue weighted by Gasteiger charge is -2.14. The van der Waals surface area contributed by atoms with E-state index in [4.69, 9.17) is 0 Å². The molecule has 0 spiro atoms. The summed E-state index contributed by atoms with van der Waals surface area (Å²) in [6.45, 7) is 1.94. The Balaban J connectivity index is 2.05. The molecule has 0 radical (unpaired) electrons. The highest BCUT2D eigenvalue weighted by molar-refractivity contribution is 7.99. The van der Waals surface area contributed by atoms with Crippen molar-refractivity contribution in [2.75, 3.05) is 10.5 Å². The van der Waals surface area contributed by atoms with E-state index >= 15 is 0 Å². The van der Waals surface area contributed by atoms with Crippen LogP contribution in [0.2, 0.25) is 0 Å². The monoisotopic (exact) mass is 378 g/mol. The number of hydrogen-bond acceptors (Lipinski definition) is 6. The molecule has 3 rings (SSSR count). The van der Waals surface area contributed by atoms with Gasteiger partial charge in [-0.3, -0.25) is 9.82 Å². The topological polar surface area (TPSA) is 108 Å². The van der Waals surface area contributed by atoms with Crippen molar-refractivity contribution >= 4 is 38.2 Å². The zero-order valence-corrected chi connectivity index (χ0v) is 15.2. The number of aromatic hydroxyl groups is 1. The molecule has 0 aliphatic carbocycles.